The van der Waals surface area contributed by atoms with Crippen LogP contribution in [0, 0.1) is 17.8 Å². The fourth-order valence-corrected chi connectivity index (χ4v) is 3.11. The van der Waals surface area contributed by atoms with Crippen LogP contribution in [-0.4, -0.2) is 62.9 Å². The van der Waals surface area contributed by atoms with Crippen LogP contribution in [0.2, 0.25) is 0 Å². The standard InChI is InChI=1S/C22H38N6O5/c1-7-13(6)18(21(31)27-17(12(4)5)22(32)33)28-19(29)15(8-14-9-24-10-25-14)26-20(30)16(23)11(2)3/h9-13,15-18H,7-8,23H2,1-6H3,(H,24,25)(H,26,30)(H,27,31)(H,28,29)(H,32,33). The minimum atomic E-state index is -1.15. The fourth-order valence-electron chi connectivity index (χ4n) is 3.11. The maximum Gasteiger partial charge on any atom is 0.326 e. The number of hydrogen-bond acceptors (Lipinski definition) is 6. The molecule has 3 amide bonds. The Morgan fingerprint density at radius 3 is 2.03 bits per heavy atom. The van der Waals surface area contributed by atoms with E-state index in [0.29, 0.717) is 12.1 Å². The molecule has 0 fully saturated rings. The topological polar surface area (TPSA) is 179 Å². The van der Waals surface area contributed by atoms with Gasteiger partial charge in [-0.15, -0.1) is 0 Å². The molecule has 0 radical (unpaired) electrons. The van der Waals surface area contributed by atoms with Gasteiger partial charge in [0.05, 0.1) is 12.4 Å². The van der Waals surface area contributed by atoms with Crippen LogP contribution < -0.4 is 21.7 Å². The van der Waals surface area contributed by atoms with E-state index < -0.39 is 47.9 Å². The number of imidazole rings is 1. The summed E-state index contributed by atoms with van der Waals surface area (Å²) < 4.78 is 0. The maximum absolute atomic E-state index is 13.2. The Morgan fingerprint density at radius 1 is 0.970 bits per heavy atom. The smallest absolute Gasteiger partial charge is 0.326 e. The Labute approximate surface area is 194 Å². The third-order valence-electron chi connectivity index (χ3n) is 5.66. The molecule has 5 atom stereocenters. The highest BCUT2D eigenvalue weighted by atomic mass is 16.4. The minimum absolute atomic E-state index is 0.112. The van der Waals surface area contributed by atoms with E-state index in [9.17, 15) is 24.3 Å². The normalized spacial score (nSPS) is 15.9. The molecule has 0 aliphatic carbocycles. The number of rotatable bonds is 13. The van der Waals surface area contributed by atoms with Crippen molar-refractivity contribution in [2.45, 2.75) is 78.6 Å². The fraction of sp³-hybridized carbons (Fsp3) is 0.682. The van der Waals surface area contributed by atoms with Crippen LogP contribution in [0.5, 0.6) is 0 Å². The van der Waals surface area contributed by atoms with Crippen molar-refractivity contribution in [2.75, 3.05) is 0 Å². The quantitative estimate of drug-likeness (QED) is 0.240. The second-order valence-electron chi connectivity index (χ2n) is 9.05. The molecule has 0 aliphatic heterocycles. The molecule has 0 spiro atoms. The molecule has 0 saturated heterocycles. The van der Waals surface area contributed by atoms with Crippen LogP contribution in [0.1, 0.15) is 53.7 Å². The number of aromatic nitrogens is 2. The number of carbonyl (C=O) groups is 4. The summed E-state index contributed by atoms with van der Waals surface area (Å²) in [5, 5.41) is 17.3. The molecule has 0 saturated carbocycles. The summed E-state index contributed by atoms with van der Waals surface area (Å²) in [6.07, 6.45) is 3.67. The van der Waals surface area contributed by atoms with E-state index in [0.717, 1.165) is 0 Å². The molecule has 186 valence electrons. The summed E-state index contributed by atoms with van der Waals surface area (Å²) in [7, 11) is 0. The second-order valence-corrected chi connectivity index (χ2v) is 9.05. The first-order chi connectivity index (χ1) is 15.4. The first-order valence-corrected chi connectivity index (χ1v) is 11.3. The number of carbonyl (C=O) groups excluding carboxylic acids is 3. The van der Waals surface area contributed by atoms with Crippen molar-refractivity contribution < 1.29 is 24.3 Å². The maximum atomic E-state index is 13.2. The molecule has 0 bridgehead atoms. The number of carboxylic acids is 1. The average Bonchev–Trinajstić information content (AvgIpc) is 3.26. The molecular weight excluding hydrogens is 428 g/mol. The summed E-state index contributed by atoms with van der Waals surface area (Å²) in [6.45, 7) is 10.6. The Morgan fingerprint density at radius 2 is 1.58 bits per heavy atom. The molecule has 1 rings (SSSR count). The molecule has 1 aromatic rings. The van der Waals surface area contributed by atoms with Gasteiger partial charge in [-0.25, -0.2) is 9.78 Å². The molecule has 5 unspecified atom stereocenters. The average molecular weight is 467 g/mol. The van der Waals surface area contributed by atoms with Gasteiger partial charge in [-0.3, -0.25) is 14.4 Å². The van der Waals surface area contributed by atoms with Crippen LogP contribution >= 0.6 is 0 Å². The van der Waals surface area contributed by atoms with E-state index in [2.05, 4.69) is 25.9 Å². The number of hydrogen-bond donors (Lipinski definition) is 6. The highest BCUT2D eigenvalue weighted by Crippen LogP contribution is 2.11. The molecule has 1 heterocycles. The number of aromatic amines is 1. The molecule has 0 aromatic carbocycles. The summed E-state index contributed by atoms with van der Waals surface area (Å²) >= 11 is 0. The Hall–Kier alpha value is -2.95. The van der Waals surface area contributed by atoms with Crippen molar-refractivity contribution in [3.8, 4) is 0 Å². The van der Waals surface area contributed by atoms with Gasteiger partial charge in [-0.2, -0.15) is 0 Å². The van der Waals surface area contributed by atoms with Gasteiger partial charge in [-0.05, 0) is 17.8 Å². The largest absolute Gasteiger partial charge is 0.480 e. The van der Waals surface area contributed by atoms with Crippen molar-refractivity contribution in [1.29, 1.82) is 0 Å². The third kappa shape index (κ3) is 8.49. The number of H-pyrrole nitrogens is 1. The van der Waals surface area contributed by atoms with E-state index in [1.165, 1.54) is 12.5 Å². The summed E-state index contributed by atoms with van der Waals surface area (Å²) in [5.74, 6) is -3.57. The van der Waals surface area contributed by atoms with E-state index in [1.807, 2.05) is 6.92 Å². The Balaban J connectivity index is 3.09. The van der Waals surface area contributed by atoms with Crippen LogP contribution in [0.25, 0.3) is 0 Å². The molecule has 33 heavy (non-hydrogen) atoms. The zero-order chi connectivity index (χ0) is 25.3. The van der Waals surface area contributed by atoms with Crippen molar-refractivity contribution in [3.05, 3.63) is 18.2 Å². The monoisotopic (exact) mass is 466 g/mol. The van der Waals surface area contributed by atoms with Crippen molar-refractivity contribution in [1.82, 2.24) is 25.9 Å². The van der Waals surface area contributed by atoms with Gasteiger partial charge in [0.15, 0.2) is 0 Å². The number of nitrogens with one attached hydrogen (secondary N) is 4. The van der Waals surface area contributed by atoms with Gasteiger partial charge >= 0.3 is 5.97 Å². The lowest BCUT2D eigenvalue weighted by atomic mass is 9.96. The van der Waals surface area contributed by atoms with Crippen molar-refractivity contribution in [2.24, 2.45) is 23.5 Å². The number of nitrogens with two attached hydrogens (primary N) is 1. The minimum Gasteiger partial charge on any atom is -0.480 e. The Bertz CT molecular complexity index is 795. The predicted molar refractivity (Wildman–Crippen MR) is 123 cm³/mol. The lowest BCUT2D eigenvalue weighted by Gasteiger charge is -2.29. The lowest BCUT2D eigenvalue weighted by Crippen LogP contribution is -2.59. The number of nitrogens with zero attached hydrogens (tertiary/aromatic N) is 1. The molecule has 11 nitrogen and oxygen atoms in total. The van der Waals surface area contributed by atoms with Crippen LogP contribution in [0.3, 0.4) is 0 Å². The van der Waals surface area contributed by atoms with E-state index in [4.69, 9.17) is 5.73 Å². The van der Waals surface area contributed by atoms with Gasteiger partial charge in [0.1, 0.15) is 18.1 Å². The van der Waals surface area contributed by atoms with Gasteiger partial charge in [0.25, 0.3) is 0 Å². The molecule has 11 heteroatoms. The molecular formula is C22H38N6O5. The predicted octanol–water partition coefficient (Wildman–Crippen LogP) is 0.177. The van der Waals surface area contributed by atoms with Gasteiger partial charge in [0, 0.05) is 18.3 Å². The van der Waals surface area contributed by atoms with Gasteiger partial charge in [-0.1, -0.05) is 48.0 Å². The first kappa shape index (κ1) is 28.1. The second kappa shape index (κ2) is 12.9. The highest BCUT2D eigenvalue weighted by molar-refractivity contribution is 5.94. The van der Waals surface area contributed by atoms with Crippen molar-refractivity contribution in [3.63, 3.8) is 0 Å². The van der Waals surface area contributed by atoms with Crippen LogP contribution in [-0.2, 0) is 25.6 Å². The van der Waals surface area contributed by atoms with E-state index >= 15 is 0 Å². The van der Waals surface area contributed by atoms with E-state index in [1.54, 1.807) is 34.6 Å². The molecule has 1 aromatic heterocycles. The summed E-state index contributed by atoms with van der Waals surface area (Å²) in [5.41, 5.74) is 6.54. The first-order valence-electron chi connectivity index (χ1n) is 11.3. The molecule has 0 aliphatic rings. The number of aliphatic carboxylic acids is 1. The number of carboxylic acid groups (broad SMARTS) is 1. The van der Waals surface area contributed by atoms with Gasteiger partial charge in [0.2, 0.25) is 17.7 Å². The Kier molecular flexibility index (Phi) is 11.0. The van der Waals surface area contributed by atoms with E-state index in [-0.39, 0.29) is 24.2 Å². The SMILES string of the molecule is CCC(C)C(NC(=O)C(Cc1cnc[nH]1)NC(=O)C(N)C(C)C)C(=O)NC(C(=O)O)C(C)C. The highest BCUT2D eigenvalue weighted by Gasteiger charge is 2.34. The lowest BCUT2D eigenvalue weighted by molar-refractivity contribution is -0.144. The van der Waals surface area contributed by atoms with Crippen LogP contribution in [0.4, 0.5) is 0 Å². The summed E-state index contributed by atoms with van der Waals surface area (Å²) in [6, 6.07) is -3.89. The summed E-state index contributed by atoms with van der Waals surface area (Å²) in [4.78, 5) is 57.0. The van der Waals surface area contributed by atoms with Crippen molar-refractivity contribution >= 4 is 23.7 Å². The third-order valence-corrected chi connectivity index (χ3v) is 5.66. The zero-order valence-corrected chi connectivity index (χ0v) is 20.2. The number of amides is 3. The molecule has 7 N–H and O–H groups in total. The van der Waals surface area contributed by atoms with Crippen LogP contribution in [0.15, 0.2) is 12.5 Å². The van der Waals surface area contributed by atoms with Gasteiger partial charge < -0.3 is 31.8 Å². The zero-order valence-electron chi connectivity index (χ0n) is 20.2.